The molecule has 3 saturated heterocycles. The Balaban J connectivity index is 1.33. The number of piperidine rings is 1. The molecular weight excluding hydrogens is 314 g/mol. The Kier molecular flexibility index (Phi) is 3.73. The van der Waals surface area contributed by atoms with Crippen molar-refractivity contribution in [2.24, 2.45) is 11.8 Å². The first-order valence-electron chi connectivity index (χ1n) is 9.50. The smallest absolute Gasteiger partial charge is 0.259 e. The zero-order valence-corrected chi connectivity index (χ0v) is 14.8. The third kappa shape index (κ3) is 3.15. The van der Waals surface area contributed by atoms with Gasteiger partial charge in [0, 0.05) is 38.4 Å². The van der Waals surface area contributed by atoms with Gasteiger partial charge in [0.2, 0.25) is 0 Å². The summed E-state index contributed by atoms with van der Waals surface area (Å²) in [5, 5.41) is 3.85. The van der Waals surface area contributed by atoms with E-state index in [4.69, 9.17) is 9.51 Å². The van der Waals surface area contributed by atoms with Crippen LogP contribution in [0.1, 0.15) is 31.5 Å². The lowest BCUT2D eigenvalue weighted by Gasteiger charge is -2.36. The Hall–Kier alpha value is -1.95. The highest BCUT2D eigenvalue weighted by atomic mass is 16.5. The lowest BCUT2D eigenvalue weighted by atomic mass is 9.95. The highest BCUT2D eigenvalue weighted by molar-refractivity contribution is 5.54. The van der Waals surface area contributed by atoms with E-state index in [-0.39, 0.29) is 0 Å². The average molecular weight is 339 g/mol. The van der Waals surface area contributed by atoms with Gasteiger partial charge in [0.1, 0.15) is 5.82 Å². The van der Waals surface area contributed by atoms with Gasteiger partial charge in [-0.05, 0) is 56.6 Å². The van der Waals surface area contributed by atoms with Crippen molar-refractivity contribution in [1.29, 1.82) is 0 Å². The summed E-state index contributed by atoms with van der Waals surface area (Å²) in [5.41, 5.74) is 0.887. The summed E-state index contributed by atoms with van der Waals surface area (Å²) in [6.45, 7) is 6.66. The van der Waals surface area contributed by atoms with Gasteiger partial charge in [-0.1, -0.05) is 5.16 Å². The van der Waals surface area contributed by atoms with Gasteiger partial charge >= 0.3 is 0 Å². The molecule has 2 aromatic rings. The monoisotopic (exact) mass is 339 g/mol. The molecule has 2 aromatic heterocycles. The Labute approximate surface area is 148 Å². The van der Waals surface area contributed by atoms with Crippen LogP contribution in [0.2, 0.25) is 0 Å². The fraction of sp³-hybridized carbons (Fsp3) is 0.632. The molecule has 5 heterocycles. The second kappa shape index (κ2) is 6.09. The Morgan fingerprint density at radius 1 is 1.12 bits per heavy atom. The van der Waals surface area contributed by atoms with Gasteiger partial charge in [0.15, 0.2) is 5.82 Å². The first-order valence-corrected chi connectivity index (χ1v) is 9.50. The van der Waals surface area contributed by atoms with Crippen molar-refractivity contribution in [3.8, 4) is 11.5 Å². The molecule has 0 aromatic carbocycles. The molecule has 0 spiro atoms. The minimum absolute atomic E-state index is 0.545. The number of anilines is 1. The summed E-state index contributed by atoms with van der Waals surface area (Å²) in [6.07, 6.45) is 7.44. The summed E-state index contributed by atoms with van der Waals surface area (Å²) >= 11 is 0. The largest absolute Gasteiger partial charge is 0.355 e. The predicted octanol–water partition coefficient (Wildman–Crippen LogP) is 2.75. The molecule has 2 bridgehead atoms. The Morgan fingerprint density at radius 3 is 2.76 bits per heavy atom. The molecule has 1 saturated carbocycles. The molecule has 6 rings (SSSR count). The van der Waals surface area contributed by atoms with Crippen molar-refractivity contribution < 1.29 is 4.52 Å². The number of fused-ring (bicyclic) bond motifs is 4. The summed E-state index contributed by atoms with van der Waals surface area (Å²) in [6, 6.07) is 4.84. The van der Waals surface area contributed by atoms with Crippen LogP contribution in [0.25, 0.3) is 11.5 Å². The number of rotatable bonds is 4. The minimum Gasteiger partial charge on any atom is -0.355 e. The maximum atomic E-state index is 5.24. The molecule has 2 atom stereocenters. The third-order valence-corrected chi connectivity index (χ3v) is 5.86. The number of hydrogen-bond acceptors (Lipinski definition) is 6. The van der Waals surface area contributed by atoms with Gasteiger partial charge in [0.05, 0.1) is 5.56 Å². The Morgan fingerprint density at radius 2 is 2.04 bits per heavy atom. The second-order valence-electron chi connectivity index (χ2n) is 7.95. The van der Waals surface area contributed by atoms with Crippen LogP contribution in [-0.2, 0) is 0 Å². The topological polar surface area (TPSA) is 58.3 Å². The van der Waals surface area contributed by atoms with E-state index in [1.54, 1.807) is 0 Å². The molecule has 0 unspecified atom stereocenters. The fourth-order valence-electron chi connectivity index (χ4n) is 4.34. The SMILES string of the molecule is Cc1noc(-c2ccc(N3C[C@H]4CC[C@@H](C3)N(CC3CC3)C4)nc2)n1. The van der Waals surface area contributed by atoms with Crippen LogP contribution < -0.4 is 4.90 Å². The van der Waals surface area contributed by atoms with Crippen molar-refractivity contribution in [1.82, 2.24) is 20.0 Å². The normalized spacial score (nSPS) is 26.8. The van der Waals surface area contributed by atoms with E-state index in [9.17, 15) is 0 Å². The number of pyridine rings is 1. The molecule has 0 N–H and O–H groups in total. The molecule has 6 heteroatoms. The van der Waals surface area contributed by atoms with Crippen LogP contribution in [0.5, 0.6) is 0 Å². The third-order valence-electron chi connectivity index (χ3n) is 5.86. The van der Waals surface area contributed by atoms with Crippen LogP contribution in [0, 0.1) is 18.8 Å². The van der Waals surface area contributed by atoms with Crippen molar-refractivity contribution in [3.63, 3.8) is 0 Å². The Bertz CT molecular complexity index is 739. The summed E-state index contributed by atoms with van der Waals surface area (Å²) in [7, 11) is 0. The highest BCUT2D eigenvalue weighted by Gasteiger charge is 2.37. The van der Waals surface area contributed by atoms with Gasteiger partial charge in [-0.15, -0.1) is 0 Å². The maximum absolute atomic E-state index is 5.24. The summed E-state index contributed by atoms with van der Waals surface area (Å²) in [5.74, 6) is 4.02. The van der Waals surface area contributed by atoms with Gasteiger partial charge in [0.25, 0.3) is 5.89 Å². The molecular formula is C19H25N5O. The standard InChI is InChI=1S/C19H25N5O/c1-13-21-19(25-22-13)16-5-7-18(20-8-16)24-11-15-4-6-17(12-24)23(10-15)9-14-2-3-14/h5,7-8,14-15,17H,2-4,6,9-12H2,1H3/t15-,17-/m0/s1. The summed E-state index contributed by atoms with van der Waals surface area (Å²) < 4.78 is 5.24. The predicted molar refractivity (Wildman–Crippen MR) is 95.3 cm³/mol. The minimum atomic E-state index is 0.545. The highest BCUT2D eigenvalue weighted by Crippen LogP contribution is 2.35. The van der Waals surface area contributed by atoms with E-state index < -0.39 is 0 Å². The molecule has 0 amide bonds. The van der Waals surface area contributed by atoms with Crippen molar-refractivity contribution in [3.05, 3.63) is 24.2 Å². The van der Waals surface area contributed by atoms with Crippen molar-refractivity contribution in [2.45, 2.75) is 38.6 Å². The van der Waals surface area contributed by atoms with Gasteiger partial charge in [-0.2, -0.15) is 4.98 Å². The maximum Gasteiger partial charge on any atom is 0.259 e. The average Bonchev–Trinajstić information content (AvgIpc) is 3.40. The summed E-state index contributed by atoms with van der Waals surface area (Å²) in [4.78, 5) is 14.2. The molecule has 4 aliphatic rings. The van der Waals surface area contributed by atoms with E-state index in [2.05, 4.69) is 26.0 Å². The first kappa shape index (κ1) is 15.3. The van der Waals surface area contributed by atoms with E-state index in [1.165, 1.54) is 38.8 Å². The number of aromatic nitrogens is 3. The zero-order valence-electron chi connectivity index (χ0n) is 14.8. The molecule has 3 aliphatic heterocycles. The second-order valence-corrected chi connectivity index (χ2v) is 7.95. The van der Waals surface area contributed by atoms with Crippen LogP contribution in [0.15, 0.2) is 22.9 Å². The van der Waals surface area contributed by atoms with Gasteiger partial charge in [-0.3, -0.25) is 4.90 Å². The van der Waals surface area contributed by atoms with Crippen LogP contribution in [0.3, 0.4) is 0 Å². The quantitative estimate of drug-likeness (QED) is 0.854. The van der Waals surface area contributed by atoms with E-state index in [1.807, 2.05) is 19.2 Å². The van der Waals surface area contributed by atoms with Crippen LogP contribution in [0.4, 0.5) is 5.82 Å². The fourth-order valence-corrected chi connectivity index (χ4v) is 4.34. The zero-order chi connectivity index (χ0) is 16.8. The lowest BCUT2D eigenvalue weighted by Crippen LogP contribution is -2.44. The lowest BCUT2D eigenvalue weighted by molar-refractivity contribution is 0.128. The van der Waals surface area contributed by atoms with Crippen molar-refractivity contribution in [2.75, 3.05) is 31.1 Å². The van der Waals surface area contributed by atoms with Crippen LogP contribution in [-0.4, -0.2) is 52.2 Å². The van der Waals surface area contributed by atoms with Crippen LogP contribution >= 0.6 is 0 Å². The van der Waals surface area contributed by atoms with Gasteiger partial charge in [-0.25, -0.2) is 4.98 Å². The number of aryl methyl sites for hydroxylation is 1. The first-order chi connectivity index (χ1) is 12.2. The number of nitrogens with zero attached hydrogens (tertiary/aromatic N) is 5. The van der Waals surface area contributed by atoms with E-state index in [0.717, 1.165) is 36.3 Å². The number of hydrogen-bond donors (Lipinski definition) is 0. The van der Waals surface area contributed by atoms with Crippen molar-refractivity contribution >= 4 is 5.82 Å². The molecule has 4 fully saturated rings. The van der Waals surface area contributed by atoms with Gasteiger partial charge < -0.3 is 9.42 Å². The van der Waals surface area contributed by atoms with E-state index >= 15 is 0 Å². The molecule has 0 radical (unpaired) electrons. The molecule has 25 heavy (non-hydrogen) atoms. The molecule has 6 nitrogen and oxygen atoms in total. The molecule has 132 valence electrons. The molecule has 1 aliphatic carbocycles. The van der Waals surface area contributed by atoms with E-state index in [0.29, 0.717) is 17.8 Å².